The van der Waals surface area contributed by atoms with E-state index in [0.29, 0.717) is 12.3 Å². The van der Waals surface area contributed by atoms with Crippen LogP contribution < -0.4 is 11.1 Å². The van der Waals surface area contributed by atoms with E-state index in [1.165, 1.54) is 0 Å². The summed E-state index contributed by atoms with van der Waals surface area (Å²) in [5, 5.41) is 2.89. The number of nitrogens with two attached hydrogens (primary N) is 1. The van der Waals surface area contributed by atoms with Gasteiger partial charge in [0.05, 0.1) is 0 Å². The third-order valence-electron chi connectivity index (χ3n) is 1.80. The number of amides is 1. The summed E-state index contributed by atoms with van der Waals surface area (Å²) >= 11 is 0. The Hall–Kier alpha value is -0.570. The lowest BCUT2D eigenvalue weighted by Gasteiger charge is -2.06. The number of carbonyl (C=O) groups is 1. The first-order valence-corrected chi connectivity index (χ1v) is 5.13. The van der Waals surface area contributed by atoms with Gasteiger partial charge in [0.15, 0.2) is 0 Å². The molecule has 0 aliphatic rings. The molecule has 3 heteroatoms. The van der Waals surface area contributed by atoms with Gasteiger partial charge in [0.1, 0.15) is 0 Å². The third kappa shape index (κ3) is 9.34. The minimum Gasteiger partial charge on any atom is -0.356 e. The molecule has 0 aliphatic carbocycles. The van der Waals surface area contributed by atoms with Gasteiger partial charge in [-0.25, -0.2) is 0 Å². The molecule has 0 aromatic heterocycles. The zero-order valence-electron chi connectivity index (χ0n) is 8.81. The van der Waals surface area contributed by atoms with Crippen LogP contribution in [0.3, 0.4) is 0 Å². The second kappa shape index (κ2) is 8.05. The predicted molar refractivity (Wildman–Crippen MR) is 55.4 cm³/mol. The fraction of sp³-hybridized carbons (Fsp3) is 0.900. The second-order valence-corrected chi connectivity index (χ2v) is 3.80. The lowest BCUT2D eigenvalue weighted by molar-refractivity contribution is -0.121. The second-order valence-electron chi connectivity index (χ2n) is 3.80. The van der Waals surface area contributed by atoms with Crippen LogP contribution in [0.5, 0.6) is 0 Å². The first kappa shape index (κ1) is 12.4. The zero-order valence-corrected chi connectivity index (χ0v) is 8.81. The maximum absolute atomic E-state index is 11.2. The first-order valence-electron chi connectivity index (χ1n) is 5.13. The van der Waals surface area contributed by atoms with Gasteiger partial charge in [-0.1, -0.05) is 20.3 Å². The van der Waals surface area contributed by atoms with Gasteiger partial charge in [-0.3, -0.25) is 4.79 Å². The summed E-state index contributed by atoms with van der Waals surface area (Å²) < 4.78 is 0. The van der Waals surface area contributed by atoms with E-state index in [-0.39, 0.29) is 5.91 Å². The molecular weight excluding hydrogens is 164 g/mol. The van der Waals surface area contributed by atoms with Crippen LogP contribution in [0.4, 0.5) is 0 Å². The van der Waals surface area contributed by atoms with Crippen LogP contribution in [0.25, 0.3) is 0 Å². The van der Waals surface area contributed by atoms with Gasteiger partial charge in [0, 0.05) is 13.0 Å². The number of carbonyl (C=O) groups excluding carboxylic acids is 1. The first-order chi connectivity index (χ1) is 6.16. The van der Waals surface area contributed by atoms with Gasteiger partial charge in [-0.05, 0) is 25.3 Å². The van der Waals surface area contributed by atoms with Crippen LogP contribution in [0.15, 0.2) is 0 Å². The monoisotopic (exact) mass is 186 g/mol. The Balaban J connectivity index is 3.17. The molecule has 78 valence electrons. The van der Waals surface area contributed by atoms with E-state index >= 15 is 0 Å². The summed E-state index contributed by atoms with van der Waals surface area (Å²) in [6.07, 6.45) is 3.84. The van der Waals surface area contributed by atoms with E-state index in [1.807, 2.05) is 13.8 Å². The predicted octanol–water partition coefficient (Wildman–Crippen LogP) is 1.28. The molecule has 0 saturated heterocycles. The van der Waals surface area contributed by atoms with E-state index < -0.39 is 0 Å². The summed E-state index contributed by atoms with van der Waals surface area (Å²) in [5.41, 5.74) is 5.35. The van der Waals surface area contributed by atoms with Crippen molar-refractivity contribution in [1.82, 2.24) is 5.32 Å². The van der Waals surface area contributed by atoms with Crippen molar-refractivity contribution >= 4 is 5.91 Å². The summed E-state index contributed by atoms with van der Waals surface area (Å²) in [7, 11) is 0. The highest BCUT2D eigenvalue weighted by Crippen LogP contribution is 1.98. The van der Waals surface area contributed by atoms with Crippen molar-refractivity contribution in [2.45, 2.75) is 39.5 Å². The molecule has 0 saturated carbocycles. The number of rotatable bonds is 7. The number of unbranched alkanes of at least 4 members (excludes halogenated alkanes) is 2. The molecule has 0 fully saturated rings. The van der Waals surface area contributed by atoms with Gasteiger partial charge in [0.25, 0.3) is 0 Å². The molecular formula is C10H22N2O. The molecule has 0 heterocycles. The van der Waals surface area contributed by atoms with Crippen molar-refractivity contribution in [3.8, 4) is 0 Å². The summed E-state index contributed by atoms with van der Waals surface area (Å²) in [6.45, 7) is 5.65. The fourth-order valence-electron chi connectivity index (χ4n) is 1.12. The van der Waals surface area contributed by atoms with Crippen molar-refractivity contribution in [1.29, 1.82) is 0 Å². The Morgan fingerprint density at radius 3 is 2.54 bits per heavy atom. The van der Waals surface area contributed by atoms with Crippen molar-refractivity contribution in [2.75, 3.05) is 13.1 Å². The Morgan fingerprint density at radius 1 is 1.31 bits per heavy atom. The largest absolute Gasteiger partial charge is 0.356 e. The molecule has 0 radical (unpaired) electrons. The highest BCUT2D eigenvalue weighted by Gasteiger charge is 2.02. The van der Waals surface area contributed by atoms with Gasteiger partial charge >= 0.3 is 0 Å². The normalized spacial score (nSPS) is 10.5. The van der Waals surface area contributed by atoms with Crippen LogP contribution in [-0.4, -0.2) is 19.0 Å². The van der Waals surface area contributed by atoms with E-state index in [4.69, 9.17) is 5.73 Å². The maximum atomic E-state index is 11.2. The molecule has 3 N–H and O–H groups in total. The van der Waals surface area contributed by atoms with E-state index in [9.17, 15) is 4.79 Å². The Labute approximate surface area is 81.1 Å². The van der Waals surface area contributed by atoms with Gasteiger partial charge in [-0.2, -0.15) is 0 Å². The molecule has 0 atom stereocenters. The molecule has 0 rings (SSSR count). The van der Waals surface area contributed by atoms with Crippen molar-refractivity contribution in [2.24, 2.45) is 11.7 Å². The SMILES string of the molecule is CC(C)CC(=O)NCCCCCN. The minimum atomic E-state index is 0.169. The average molecular weight is 186 g/mol. The fourth-order valence-corrected chi connectivity index (χ4v) is 1.12. The van der Waals surface area contributed by atoms with Crippen molar-refractivity contribution < 1.29 is 4.79 Å². The van der Waals surface area contributed by atoms with Crippen LogP contribution in [-0.2, 0) is 4.79 Å². The average Bonchev–Trinajstić information content (AvgIpc) is 2.02. The van der Waals surface area contributed by atoms with Crippen LogP contribution in [0.2, 0.25) is 0 Å². The molecule has 3 nitrogen and oxygen atoms in total. The molecule has 1 amide bonds. The van der Waals surface area contributed by atoms with Gasteiger partial charge < -0.3 is 11.1 Å². The van der Waals surface area contributed by atoms with E-state index in [1.54, 1.807) is 0 Å². The van der Waals surface area contributed by atoms with Crippen LogP contribution in [0, 0.1) is 5.92 Å². The molecule has 0 aliphatic heterocycles. The Kier molecular flexibility index (Phi) is 7.69. The summed E-state index contributed by atoms with van der Waals surface area (Å²) in [5.74, 6) is 0.617. The summed E-state index contributed by atoms with van der Waals surface area (Å²) in [6, 6.07) is 0. The molecule has 0 aromatic carbocycles. The van der Waals surface area contributed by atoms with Crippen LogP contribution >= 0.6 is 0 Å². The molecule has 0 unspecified atom stereocenters. The Bertz CT molecular complexity index is 135. The standard InChI is InChI=1S/C10H22N2O/c1-9(2)8-10(13)12-7-5-3-4-6-11/h9H,3-8,11H2,1-2H3,(H,12,13). The topological polar surface area (TPSA) is 55.1 Å². The highest BCUT2D eigenvalue weighted by atomic mass is 16.1. The quantitative estimate of drug-likeness (QED) is 0.588. The summed E-state index contributed by atoms with van der Waals surface area (Å²) in [4.78, 5) is 11.2. The maximum Gasteiger partial charge on any atom is 0.220 e. The Morgan fingerprint density at radius 2 is 2.00 bits per heavy atom. The smallest absolute Gasteiger partial charge is 0.220 e. The molecule has 0 bridgehead atoms. The lowest BCUT2D eigenvalue weighted by atomic mass is 10.1. The minimum absolute atomic E-state index is 0.169. The third-order valence-corrected chi connectivity index (χ3v) is 1.80. The molecule has 0 spiro atoms. The van der Waals surface area contributed by atoms with Crippen molar-refractivity contribution in [3.05, 3.63) is 0 Å². The van der Waals surface area contributed by atoms with Gasteiger partial charge in [-0.15, -0.1) is 0 Å². The number of hydrogen-bond donors (Lipinski definition) is 2. The van der Waals surface area contributed by atoms with Crippen LogP contribution in [0.1, 0.15) is 39.5 Å². The molecule has 0 aromatic rings. The van der Waals surface area contributed by atoms with Crippen molar-refractivity contribution in [3.63, 3.8) is 0 Å². The zero-order chi connectivity index (χ0) is 10.1. The lowest BCUT2D eigenvalue weighted by Crippen LogP contribution is -2.25. The van der Waals surface area contributed by atoms with E-state index in [0.717, 1.165) is 32.4 Å². The highest BCUT2D eigenvalue weighted by molar-refractivity contribution is 5.75. The number of hydrogen-bond acceptors (Lipinski definition) is 2. The van der Waals surface area contributed by atoms with Gasteiger partial charge in [0.2, 0.25) is 5.91 Å². The van der Waals surface area contributed by atoms with E-state index in [2.05, 4.69) is 5.32 Å². The molecule has 13 heavy (non-hydrogen) atoms. The number of nitrogens with one attached hydrogen (secondary N) is 1.